The second kappa shape index (κ2) is 12.7. The molecule has 0 radical (unpaired) electrons. The van der Waals surface area contributed by atoms with Gasteiger partial charge in [0.2, 0.25) is 0 Å². The van der Waals surface area contributed by atoms with Gasteiger partial charge in [-0.25, -0.2) is 0 Å². The number of aromatic nitrogens is 2. The van der Waals surface area contributed by atoms with Gasteiger partial charge >= 0.3 is 0 Å². The molecule has 2 aromatic heterocycles. The number of morpholine rings is 2. The second-order valence-corrected chi connectivity index (χ2v) is 10.8. The van der Waals surface area contributed by atoms with Gasteiger partial charge in [-0.05, 0) is 62.7 Å². The molecule has 9 heteroatoms. The molecular weight excluding hydrogens is 484 g/mol. The molecular formula is C28H42N6O2S. The smallest absolute Gasteiger partial charge is 0.170 e. The van der Waals surface area contributed by atoms with E-state index >= 15 is 0 Å². The molecule has 0 saturated carbocycles. The molecule has 3 fully saturated rings. The Morgan fingerprint density at radius 1 is 0.919 bits per heavy atom. The Morgan fingerprint density at radius 3 is 2.19 bits per heavy atom. The minimum Gasteiger partial charge on any atom is -0.379 e. The maximum Gasteiger partial charge on any atom is 0.170 e. The van der Waals surface area contributed by atoms with Crippen LogP contribution in [0.4, 0.5) is 0 Å². The lowest BCUT2D eigenvalue weighted by atomic mass is 9.96. The summed E-state index contributed by atoms with van der Waals surface area (Å²) in [6.45, 7) is 16.2. The molecule has 0 unspecified atom stereocenters. The van der Waals surface area contributed by atoms with E-state index in [1.165, 1.54) is 17.0 Å². The third-order valence-electron chi connectivity index (χ3n) is 8.07. The van der Waals surface area contributed by atoms with Gasteiger partial charge in [-0.3, -0.25) is 14.8 Å². The van der Waals surface area contributed by atoms with Crippen LogP contribution in [0.5, 0.6) is 0 Å². The molecule has 0 aromatic carbocycles. The standard InChI is InChI=1S/C28H42N6O2S/c1-22-21-24(23(2)33(22)11-5-9-31-13-17-35-18-14-31)27-26(25-7-3-4-8-29-25)30-28(37)34(27)12-6-10-32-15-19-36-20-16-32/h3-4,7-8,21,26-27H,5-6,9-20H2,1-2H3,(H,30,37)/t26-,27+/m1/s1. The van der Waals surface area contributed by atoms with Crippen LogP contribution < -0.4 is 5.32 Å². The van der Waals surface area contributed by atoms with Crippen molar-refractivity contribution in [2.45, 2.75) is 45.3 Å². The molecule has 0 aliphatic carbocycles. The summed E-state index contributed by atoms with van der Waals surface area (Å²) >= 11 is 5.92. The highest BCUT2D eigenvalue weighted by Gasteiger charge is 2.41. The van der Waals surface area contributed by atoms with Crippen LogP contribution in [0, 0.1) is 13.8 Å². The first-order valence-electron chi connectivity index (χ1n) is 13.9. The van der Waals surface area contributed by atoms with Gasteiger partial charge in [0.1, 0.15) is 0 Å². The average Bonchev–Trinajstić information content (AvgIpc) is 3.40. The van der Waals surface area contributed by atoms with Crippen LogP contribution in [0.2, 0.25) is 0 Å². The Kier molecular flexibility index (Phi) is 9.10. The summed E-state index contributed by atoms with van der Waals surface area (Å²) in [6.07, 6.45) is 4.10. The largest absolute Gasteiger partial charge is 0.379 e. The molecule has 0 spiro atoms. The van der Waals surface area contributed by atoms with Gasteiger partial charge in [-0.1, -0.05) is 6.07 Å². The summed E-state index contributed by atoms with van der Waals surface area (Å²) in [5.74, 6) is 0. The Balaban J connectivity index is 1.33. The van der Waals surface area contributed by atoms with Gasteiger partial charge in [0.15, 0.2) is 5.11 Å². The highest BCUT2D eigenvalue weighted by atomic mass is 32.1. The highest BCUT2D eigenvalue weighted by molar-refractivity contribution is 7.80. The Hall–Kier alpha value is -2.04. The molecule has 8 nitrogen and oxygen atoms in total. The van der Waals surface area contributed by atoms with E-state index in [1.54, 1.807) is 0 Å². The minimum atomic E-state index is 0.0411. The number of rotatable bonds is 10. The van der Waals surface area contributed by atoms with E-state index in [1.807, 2.05) is 12.3 Å². The fourth-order valence-corrected chi connectivity index (χ4v) is 6.35. The summed E-state index contributed by atoms with van der Waals surface area (Å²) in [5.41, 5.74) is 5.07. The van der Waals surface area contributed by atoms with Crippen molar-refractivity contribution in [2.75, 3.05) is 72.2 Å². The Morgan fingerprint density at radius 2 is 1.57 bits per heavy atom. The zero-order chi connectivity index (χ0) is 25.6. The van der Waals surface area contributed by atoms with Crippen molar-refractivity contribution in [3.05, 3.63) is 53.1 Å². The Bertz CT molecular complexity index is 1020. The lowest BCUT2D eigenvalue weighted by Gasteiger charge is -2.30. The van der Waals surface area contributed by atoms with Gasteiger partial charge in [-0.15, -0.1) is 0 Å². The summed E-state index contributed by atoms with van der Waals surface area (Å²) in [5, 5.41) is 4.47. The Labute approximate surface area is 226 Å². The number of nitrogens with one attached hydrogen (secondary N) is 1. The first-order chi connectivity index (χ1) is 18.1. The first kappa shape index (κ1) is 26.6. The molecule has 1 N–H and O–H groups in total. The predicted molar refractivity (Wildman–Crippen MR) is 150 cm³/mol. The molecule has 3 aliphatic heterocycles. The van der Waals surface area contributed by atoms with Crippen LogP contribution in [-0.2, 0) is 16.0 Å². The summed E-state index contributed by atoms with van der Waals surface area (Å²) in [7, 11) is 0. The van der Waals surface area contributed by atoms with Crippen LogP contribution in [0.25, 0.3) is 0 Å². The normalized spacial score (nSPS) is 23.5. The molecule has 3 saturated heterocycles. The van der Waals surface area contributed by atoms with Crippen molar-refractivity contribution in [2.24, 2.45) is 0 Å². The quantitative estimate of drug-likeness (QED) is 0.475. The van der Waals surface area contributed by atoms with E-state index in [4.69, 9.17) is 26.7 Å². The molecule has 0 amide bonds. The minimum absolute atomic E-state index is 0.0411. The monoisotopic (exact) mass is 526 g/mol. The van der Waals surface area contributed by atoms with E-state index in [9.17, 15) is 0 Å². The van der Waals surface area contributed by atoms with Crippen molar-refractivity contribution in [3.63, 3.8) is 0 Å². The molecule has 5 rings (SSSR count). The fraction of sp³-hybridized carbons (Fsp3) is 0.643. The zero-order valence-corrected chi connectivity index (χ0v) is 23.2. The summed E-state index contributed by atoms with van der Waals surface area (Å²) in [6, 6.07) is 8.72. The van der Waals surface area contributed by atoms with Crippen LogP contribution in [0.1, 0.15) is 47.6 Å². The number of hydrogen-bond acceptors (Lipinski definition) is 6. The van der Waals surface area contributed by atoms with E-state index in [2.05, 4.69) is 56.6 Å². The topological polar surface area (TPSA) is 58.0 Å². The third kappa shape index (κ3) is 6.34. The predicted octanol–water partition coefficient (Wildman–Crippen LogP) is 2.92. The lowest BCUT2D eigenvalue weighted by molar-refractivity contribution is 0.0365. The van der Waals surface area contributed by atoms with Gasteiger partial charge in [0, 0.05) is 69.9 Å². The summed E-state index contributed by atoms with van der Waals surface area (Å²) in [4.78, 5) is 12.2. The van der Waals surface area contributed by atoms with E-state index in [0.29, 0.717) is 0 Å². The number of pyridine rings is 1. The molecule has 0 bridgehead atoms. The van der Waals surface area contributed by atoms with Crippen molar-refractivity contribution in [1.82, 2.24) is 29.6 Å². The van der Waals surface area contributed by atoms with Gasteiger partial charge in [0.25, 0.3) is 0 Å². The van der Waals surface area contributed by atoms with Crippen LogP contribution >= 0.6 is 12.2 Å². The van der Waals surface area contributed by atoms with Gasteiger partial charge < -0.3 is 24.3 Å². The van der Waals surface area contributed by atoms with Crippen molar-refractivity contribution < 1.29 is 9.47 Å². The molecule has 3 aliphatic rings. The van der Waals surface area contributed by atoms with Gasteiger partial charge in [0.05, 0.1) is 44.2 Å². The average molecular weight is 527 g/mol. The van der Waals surface area contributed by atoms with Crippen LogP contribution in [0.3, 0.4) is 0 Å². The number of aryl methyl sites for hydroxylation is 1. The van der Waals surface area contributed by atoms with Crippen molar-refractivity contribution in [1.29, 1.82) is 0 Å². The molecule has 202 valence electrons. The van der Waals surface area contributed by atoms with Crippen molar-refractivity contribution >= 4 is 17.3 Å². The first-order valence-corrected chi connectivity index (χ1v) is 14.3. The SMILES string of the molecule is Cc1cc([C@H]2[C@@H](c3ccccn3)NC(=S)N2CCCN2CCOCC2)c(C)n1CCCN1CCOCC1. The van der Waals surface area contributed by atoms with E-state index in [0.717, 1.165) is 102 Å². The maximum atomic E-state index is 5.92. The lowest BCUT2D eigenvalue weighted by Crippen LogP contribution is -2.39. The third-order valence-corrected chi connectivity index (χ3v) is 8.42. The highest BCUT2D eigenvalue weighted by Crippen LogP contribution is 2.40. The van der Waals surface area contributed by atoms with Crippen LogP contribution in [-0.4, -0.2) is 102 Å². The van der Waals surface area contributed by atoms with E-state index in [-0.39, 0.29) is 12.1 Å². The van der Waals surface area contributed by atoms with Crippen molar-refractivity contribution in [3.8, 4) is 0 Å². The second-order valence-electron chi connectivity index (χ2n) is 10.4. The van der Waals surface area contributed by atoms with Gasteiger partial charge in [-0.2, -0.15) is 0 Å². The zero-order valence-electron chi connectivity index (χ0n) is 22.4. The number of nitrogens with zero attached hydrogens (tertiary/aromatic N) is 5. The number of thiocarbonyl (C=S) groups is 1. The molecule has 2 atom stereocenters. The number of ether oxygens (including phenoxy) is 2. The molecule has 5 heterocycles. The fourth-order valence-electron chi connectivity index (χ4n) is 6.02. The summed E-state index contributed by atoms with van der Waals surface area (Å²) < 4.78 is 13.5. The van der Waals surface area contributed by atoms with Crippen LogP contribution in [0.15, 0.2) is 30.5 Å². The number of hydrogen-bond donors (Lipinski definition) is 1. The molecule has 2 aromatic rings. The molecule has 37 heavy (non-hydrogen) atoms. The maximum absolute atomic E-state index is 5.92. The van der Waals surface area contributed by atoms with E-state index < -0.39 is 0 Å².